The van der Waals surface area contributed by atoms with Gasteiger partial charge < -0.3 is 5.73 Å². The molecule has 1 nitrogen and oxygen atoms in total. The average Bonchev–Trinajstić information content (AvgIpc) is 2.14. The third kappa shape index (κ3) is 3.16. The Morgan fingerprint density at radius 1 is 1.33 bits per heavy atom. The van der Waals surface area contributed by atoms with Gasteiger partial charge in [-0.05, 0) is 17.7 Å². The number of anilines is 1. The number of hydrogen-bond donors (Lipinski definition) is 1. The minimum absolute atomic E-state index is 0.0891. The van der Waals surface area contributed by atoms with Crippen LogP contribution in [0.3, 0.4) is 0 Å². The standard InChI is InChI=1S/C10H9ClF3N/c11-5-1-2-7-3-4-8(6-9(7)15)10(12,13)14/h1-4,6H,5,15H2. The van der Waals surface area contributed by atoms with Crippen LogP contribution in [0.2, 0.25) is 0 Å². The van der Waals surface area contributed by atoms with Crippen LogP contribution in [0.25, 0.3) is 6.08 Å². The van der Waals surface area contributed by atoms with E-state index in [2.05, 4.69) is 0 Å². The summed E-state index contributed by atoms with van der Waals surface area (Å²) in [6.45, 7) is 0. The molecule has 0 unspecified atom stereocenters. The van der Waals surface area contributed by atoms with Crippen molar-refractivity contribution in [2.75, 3.05) is 11.6 Å². The number of allylic oxidation sites excluding steroid dienone is 1. The summed E-state index contributed by atoms with van der Waals surface area (Å²) in [6, 6.07) is 3.22. The maximum absolute atomic E-state index is 12.3. The van der Waals surface area contributed by atoms with Gasteiger partial charge in [0, 0.05) is 11.6 Å². The van der Waals surface area contributed by atoms with Crippen molar-refractivity contribution in [3.05, 3.63) is 35.4 Å². The number of benzene rings is 1. The zero-order chi connectivity index (χ0) is 11.5. The molecular weight excluding hydrogens is 227 g/mol. The zero-order valence-corrected chi connectivity index (χ0v) is 8.44. The van der Waals surface area contributed by atoms with Crippen molar-refractivity contribution in [2.24, 2.45) is 0 Å². The number of alkyl halides is 4. The van der Waals surface area contributed by atoms with Crippen LogP contribution in [0.1, 0.15) is 11.1 Å². The Hall–Kier alpha value is -1.16. The quantitative estimate of drug-likeness (QED) is 0.616. The van der Waals surface area contributed by atoms with Crippen molar-refractivity contribution >= 4 is 23.4 Å². The van der Waals surface area contributed by atoms with Crippen molar-refractivity contribution in [1.82, 2.24) is 0 Å². The highest BCUT2D eigenvalue weighted by Crippen LogP contribution is 2.31. The zero-order valence-electron chi connectivity index (χ0n) is 7.68. The summed E-state index contributed by atoms with van der Waals surface area (Å²) in [7, 11) is 0. The van der Waals surface area contributed by atoms with Gasteiger partial charge in [0.2, 0.25) is 0 Å². The van der Waals surface area contributed by atoms with Crippen LogP contribution >= 0.6 is 11.6 Å². The first kappa shape index (κ1) is 11.9. The molecule has 0 heterocycles. The fourth-order valence-electron chi connectivity index (χ4n) is 1.07. The molecule has 0 saturated heterocycles. The molecule has 0 radical (unpaired) electrons. The minimum atomic E-state index is -4.36. The molecule has 0 aromatic heterocycles. The molecule has 0 amide bonds. The molecule has 1 aromatic rings. The van der Waals surface area contributed by atoms with Crippen LogP contribution in [-0.4, -0.2) is 5.88 Å². The van der Waals surface area contributed by atoms with Crippen LogP contribution in [0.15, 0.2) is 24.3 Å². The second-order valence-electron chi connectivity index (χ2n) is 2.90. The molecule has 0 fully saturated rings. The lowest BCUT2D eigenvalue weighted by atomic mass is 10.1. The van der Waals surface area contributed by atoms with Crippen LogP contribution in [0.5, 0.6) is 0 Å². The first-order valence-electron chi connectivity index (χ1n) is 4.14. The summed E-state index contributed by atoms with van der Waals surface area (Å²) in [4.78, 5) is 0. The fraction of sp³-hybridized carbons (Fsp3) is 0.200. The van der Waals surface area contributed by atoms with E-state index >= 15 is 0 Å². The molecule has 0 aliphatic rings. The van der Waals surface area contributed by atoms with Gasteiger partial charge in [0.15, 0.2) is 0 Å². The van der Waals surface area contributed by atoms with Gasteiger partial charge in [-0.3, -0.25) is 0 Å². The van der Waals surface area contributed by atoms with Crippen molar-refractivity contribution < 1.29 is 13.2 Å². The first-order chi connectivity index (χ1) is 6.95. The Bertz CT molecular complexity index is 371. The maximum atomic E-state index is 12.3. The maximum Gasteiger partial charge on any atom is 0.416 e. The largest absolute Gasteiger partial charge is 0.416 e. The predicted octanol–water partition coefficient (Wildman–Crippen LogP) is 3.54. The first-order valence-corrected chi connectivity index (χ1v) is 4.68. The van der Waals surface area contributed by atoms with Gasteiger partial charge in [0.05, 0.1) is 5.56 Å². The molecule has 2 N–H and O–H groups in total. The van der Waals surface area contributed by atoms with Crippen LogP contribution in [-0.2, 0) is 6.18 Å². The van der Waals surface area contributed by atoms with Gasteiger partial charge in [-0.25, -0.2) is 0 Å². The fourth-order valence-corrected chi connectivity index (χ4v) is 1.16. The summed E-state index contributed by atoms with van der Waals surface area (Å²) in [5, 5.41) is 0. The molecule has 0 aliphatic carbocycles. The van der Waals surface area contributed by atoms with Gasteiger partial charge in [-0.1, -0.05) is 18.2 Å². The summed E-state index contributed by atoms with van der Waals surface area (Å²) >= 11 is 5.40. The lowest BCUT2D eigenvalue weighted by Crippen LogP contribution is -2.05. The molecule has 0 bridgehead atoms. The number of nitrogen functional groups attached to an aromatic ring is 1. The molecule has 15 heavy (non-hydrogen) atoms. The van der Waals surface area contributed by atoms with E-state index in [1.807, 2.05) is 0 Å². The molecule has 0 saturated carbocycles. The van der Waals surface area contributed by atoms with E-state index in [1.54, 1.807) is 12.2 Å². The monoisotopic (exact) mass is 235 g/mol. The Labute approximate surface area is 90.3 Å². The van der Waals surface area contributed by atoms with E-state index in [9.17, 15) is 13.2 Å². The number of rotatable bonds is 2. The number of nitrogens with two attached hydrogens (primary N) is 1. The topological polar surface area (TPSA) is 26.0 Å². The minimum Gasteiger partial charge on any atom is -0.398 e. The predicted molar refractivity (Wildman–Crippen MR) is 55.6 cm³/mol. The Morgan fingerprint density at radius 2 is 2.00 bits per heavy atom. The van der Waals surface area contributed by atoms with Crippen molar-refractivity contribution in [1.29, 1.82) is 0 Å². The van der Waals surface area contributed by atoms with E-state index in [-0.39, 0.29) is 5.69 Å². The second kappa shape index (κ2) is 4.57. The van der Waals surface area contributed by atoms with Crippen molar-refractivity contribution in [3.8, 4) is 0 Å². The average molecular weight is 236 g/mol. The molecule has 1 aromatic carbocycles. The summed E-state index contributed by atoms with van der Waals surface area (Å²) in [5.41, 5.74) is 5.34. The summed E-state index contributed by atoms with van der Waals surface area (Å²) < 4.78 is 36.8. The summed E-state index contributed by atoms with van der Waals surface area (Å²) in [5.74, 6) is 0.292. The highest BCUT2D eigenvalue weighted by molar-refractivity contribution is 6.19. The highest BCUT2D eigenvalue weighted by Gasteiger charge is 2.30. The normalized spacial score (nSPS) is 12.3. The van der Waals surface area contributed by atoms with E-state index in [4.69, 9.17) is 17.3 Å². The van der Waals surface area contributed by atoms with E-state index in [0.29, 0.717) is 11.4 Å². The molecule has 0 aliphatic heterocycles. The van der Waals surface area contributed by atoms with Gasteiger partial charge in [-0.2, -0.15) is 13.2 Å². The van der Waals surface area contributed by atoms with E-state index in [0.717, 1.165) is 12.1 Å². The third-order valence-electron chi connectivity index (χ3n) is 1.80. The van der Waals surface area contributed by atoms with Crippen LogP contribution in [0.4, 0.5) is 18.9 Å². The summed E-state index contributed by atoms with van der Waals surface area (Å²) in [6.07, 6.45) is -1.16. The highest BCUT2D eigenvalue weighted by atomic mass is 35.5. The molecule has 82 valence electrons. The lowest BCUT2D eigenvalue weighted by molar-refractivity contribution is -0.137. The molecule has 0 spiro atoms. The van der Waals surface area contributed by atoms with Gasteiger partial charge >= 0.3 is 6.18 Å². The molecule has 5 heteroatoms. The lowest BCUT2D eigenvalue weighted by Gasteiger charge is -2.08. The third-order valence-corrected chi connectivity index (χ3v) is 1.98. The SMILES string of the molecule is Nc1cc(C(F)(F)F)ccc1C=CCCl. The van der Waals surface area contributed by atoms with Gasteiger partial charge in [-0.15, -0.1) is 11.6 Å². The molecule has 1 rings (SSSR count). The number of hydrogen-bond acceptors (Lipinski definition) is 1. The second-order valence-corrected chi connectivity index (χ2v) is 3.21. The Kier molecular flexibility index (Phi) is 3.63. The molecular formula is C10H9ClF3N. The Morgan fingerprint density at radius 3 is 2.47 bits per heavy atom. The van der Waals surface area contributed by atoms with Crippen LogP contribution < -0.4 is 5.73 Å². The molecule has 0 atom stereocenters. The van der Waals surface area contributed by atoms with Crippen molar-refractivity contribution in [2.45, 2.75) is 6.18 Å². The van der Waals surface area contributed by atoms with Gasteiger partial charge in [0.25, 0.3) is 0 Å². The number of halogens is 4. The van der Waals surface area contributed by atoms with E-state index in [1.165, 1.54) is 6.07 Å². The Balaban J connectivity index is 3.04. The van der Waals surface area contributed by atoms with Crippen molar-refractivity contribution in [3.63, 3.8) is 0 Å². The smallest absolute Gasteiger partial charge is 0.398 e. The van der Waals surface area contributed by atoms with Crippen LogP contribution in [0, 0.1) is 0 Å². The van der Waals surface area contributed by atoms with Gasteiger partial charge in [0.1, 0.15) is 0 Å². The van der Waals surface area contributed by atoms with E-state index < -0.39 is 11.7 Å².